The van der Waals surface area contributed by atoms with E-state index in [1.54, 1.807) is 11.3 Å². The van der Waals surface area contributed by atoms with Gasteiger partial charge in [-0.2, -0.15) is 0 Å². The predicted molar refractivity (Wildman–Crippen MR) is 84.6 cm³/mol. The summed E-state index contributed by atoms with van der Waals surface area (Å²) in [6.07, 6.45) is 5.02. The molecular formula is C15H17BrN2S. The highest BCUT2D eigenvalue weighted by molar-refractivity contribution is 9.10. The molecule has 1 aliphatic heterocycles. The summed E-state index contributed by atoms with van der Waals surface area (Å²) in [6, 6.07) is 8.98. The number of hydrogen-bond acceptors (Lipinski definition) is 3. The maximum Gasteiger partial charge on any atom is 0.0948 e. The van der Waals surface area contributed by atoms with Crippen LogP contribution in [0.3, 0.4) is 0 Å². The molecule has 0 spiro atoms. The Kier molecular flexibility index (Phi) is 4.31. The molecule has 0 aliphatic carbocycles. The average molecular weight is 337 g/mol. The minimum atomic E-state index is 0.623. The lowest BCUT2D eigenvalue weighted by atomic mass is 10.0. The fourth-order valence-corrected chi connectivity index (χ4v) is 3.62. The van der Waals surface area contributed by atoms with E-state index in [0.29, 0.717) is 6.04 Å². The van der Waals surface area contributed by atoms with E-state index in [1.165, 1.54) is 29.8 Å². The summed E-state index contributed by atoms with van der Waals surface area (Å²) in [4.78, 5) is 4.77. The maximum atomic E-state index is 4.77. The van der Waals surface area contributed by atoms with E-state index in [4.69, 9.17) is 4.98 Å². The molecule has 1 unspecified atom stereocenters. The van der Waals surface area contributed by atoms with Crippen molar-refractivity contribution in [1.82, 2.24) is 10.3 Å². The van der Waals surface area contributed by atoms with Gasteiger partial charge in [0.2, 0.25) is 0 Å². The zero-order valence-electron chi connectivity index (χ0n) is 10.7. The average Bonchev–Trinajstić information content (AvgIpc) is 2.89. The van der Waals surface area contributed by atoms with E-state index in [2.05, 4.69) is 50.9 Å². The van der Waals surface area contributed by atoms with Crippen LogP contribution in [0, 0.1) is 0 Å². The number of piperidine rings is 1. The first-order valence-corrected chi connectivity index (χ1v) is 8.42. The normalized spacial score (nSPS) is 19.5. The standard InChI is InChI=1S/C15H17BrN2S/c16-12-6-4-11(5-7-12)14-10-19-15(18-14)9-13-3-1-2-8-17-13/h4-7,10,13,17H,1-3,8-9H2. The molecule has 0 radical (unpaired) electrons. The van der Waals surface area contributed by atoms with Crippen LogP contribution in [0.1, 0.15) is 24.3 Å². The number of rotatable bonds is 3. The first-order valence-electron chi connectivity index (χ1n) is 6.75. The van der Waals surface area contributed by atoms with Gasteiger partial charge in [-0.1, -0.05) is 34.5 Å². The van der Waals surface area contributed by atoms with Crippen LogP contribution in [-0.2, 0) is 6.42 Å². The molecule has 2 nitrogen and oxygen atoms in total. The lowest BCUT2D eigenvalue weighted by Crippen LogP contribution is -2.35. The second-order valence-electron chi connectivity index (χ2n) is 4.98. The summed E-state index contributed by atoms with van der Waals surface area (Å²) in [5.41, 5.74) is 2.30. The molecule has 0 saturated carbocycles. The lowest BCUT2D eigenvalue weighted by molar-refractivity contribution is 0.399. The summed E-state index contributed by atoms with van der Waals surface area (Å²) in [7, 11) is 0. The number of nitrogens with one attached hydrogen (secondary N) is 1. The Labute approximate surface area is 126 Å². The van der Waals surface area contributed by atoms with Gasteiger partial charge in [-0.3, -0.25) is 0 Å². The second-order valence-corrected chi connectivity index (χ2v) is 6.84. The number of thiazole rings is 1. The third kappa shape index (κ3) is 3.44. The number of aromatic nitrogens is 1. The van der Waals surface area contributed by atoms with E-state index in [0.717, 1.165) is 23.1 Å². The SMILES string of the molecule is Brc1ccc(-c2csc(CC3CCCCN3)n2)cc1. The zero-order chi connectivity index (χ0) is 13.1. The third-order valence-corrected chi connectivity index (χ3v) is 4.92. The third-order valence-electron chi connectivity index (χ3n) is 3.53. The minimum Gasteiger partial charge on any atom is -0.314 e. The molecule has 19 heavy (non-hydrogen) atoms. The molecule has 1 N–H and O–H groups in total. The summed E-state index contributed by atoms with van der Waals surface area (Å²) < 4.78 is 1.11. The quantitative estimate of drug-likeness (QED) is 0.905. The van der Waals surface area contributed by atoms with Crippen molar-refractivity contribution in [1.29, 1.82) is 0 Å². The molecule has 0 amide bonds. The molecule has 2 aromatic rings. The molecular weight excluding hydrogens is 320 g/mol. The molecule has 100 valence electrons. The first-order chi connectivity index (χ1) is 9.31. The van der Waals surface area contributed by atoms with E-state index in [-0.39, 0.29) is 0 Å². The molecule has 2 heterocycles. The van der Waals surface area contributed by atoms with Gasteiger partial charge in [-0.25, -0.2) is 4.98 Å². The van der Waals surface area contributed by atoms with Crippen molar-refractivity contribution >= 4 is 27.3 Å². The van der Waals surface area contributed by atoms with Gasteiger partial charge in [0, 0.05) is 27.9 Å². The fraction of sp³-hybridized carbons (Fsp3) is 0.400. The van der Waals surface area contributed by atoms with Crippen LogP contribution in [-0.4, -0.2) is 17.6 Å². The van der Waals surface area contributed by atoms with Gasteiger partial charge in [0.25, 0.3) is 0 Å². The molecule has 1 atom stereocenters. The molecule has 3 rings (SSSR count). The van der Waals surface area contributed by atoms with Crippen molar-refractivity contribution < 1.29 is 0 Å². The number of nitrogens with zero attached hydrogens (tertiary/aromatic N) is 1. The first kappa shape index (κ1) is 13.3. The maximum absolute atomic E-state index is 4.77. The van der Waals surface area contributed by atoms with Crippen molar-refractivity contribution in [2.24, 2.45) is 0 Å². The summed E-state index contributed by atoms with van der Waals surface area (Å²) >= 11 is 5.24. The van der Waals surface area contributed by atoms with Gasteiger partial charge in [0.05, 0.1) is 10.7 Å². The highest BCUT2D eigenvalue weighted by atomic mass is 79.9. The topological polar surface area (TPSA) is 24.9 Å². The van der Waals surface area contributed by atoms with Gasteiger partial charge in [-0.05, 0) is 31.5 Å². The van der Waals surface area contributed by atoms with Crippen molar-refractivity contribution in [2.75, 3.05) is 6.54 Å². The van der Waals surface area contributed by atoms with E-state index in [9.17, 15) is 0 Å². The molecule has 1 fully saturated rings. The van der Waals surface area contributed by atoms with Crippen LogP contribution >= 0.6 is 27.3 Å². The molecule has 1 aromatic carbocycles. The van der Waals surface area contributed by atoms with Crippen molar-refractivity contribution in [3.8, 4) is 11.3 Å². The van der Waals surface area contributed by atoms with Crippen LogP contribution in [0.25, 0.3) is 11.3 Å². The van der Waals surface area contributed by atoms with Gasteiger partial charge in [0.15, 0.2) is 0 Å². The van der Waals surface area contributed by atoms with Crippen molar-refractivity contribution in [3.05, 3.63) is 39.1 Å². The Bertz CT molecular complexity index is 529. The number of benzene rings is 1. The predicted octanol–water partition coefficient (Wildman–Crippen LogP) is 4.26. The highest BCUT2D eigenvalue weighted by Crippen LogP contribution is 2.25. The van der Waals surface area contributed by atoms with Crippen LogP contribution in [0.5, 0.6) is 0 Å². The van der Waals surface area contributed by atoms with Crippen LogP contribution < -0.4 is 5.32 Å². The molecule has 0 bridgehead atoms. The Hall–Kier alpha value is -0.710. The van der Waals surface area contributed by atoms with Gasteiger partial charge in [0.1, 0.15) is 0 Å². The monoisotopic (exact) mass is 336 g/mol. The van der Waals surface area contributed by atoms with Gasteiger partial charge >= 0.3 is 0 Å². The summed E-state index contributed by atoms with van der Waals surface area (Å²) in [6.45, 7) is 1.16. The fourth-order valence-electron chi connectivity index (χ4n) is 2.47. The zero-order valence-corrected chi connectivity index (χ0v) is 13.1. The van der Waals surface area contributed by atoms with Crippen LogP contribution in [0.2, 0.25) is 0 Å². The van der Waals surface area contributed by atoms with Crippen molar-refractivity contribution in [3.63, 3.8) is 0 Å². The smallest absolute Gasteiger partial charge is 0.0948 e. The van der Waals surface area contributed by atoms with E-state index in [1.807, 2.05) is 0 Å². The number of halogens is 1. The van der Waals surface area contributed by atoms with Gasteiger partial charge < -0.3 is 5.32 Å². The van der Waals surface area contributed by atoms with E-state index >= 15 is 0 Å². The Morgan fingerprint density at radius 2 is 2.11 bits per heavy atom. The van der Waals surface area contributed by atoms with E-state index < -0.39 is 0 Å². The minimum absolute atomic E-state index is 0.623. The van der Waals surface area contributed by atoms with Crippen LogP contribution in [0.4, 0.5) is 0 Å². The highest BCUT2D eigenvalue weighted by Gasteiger charge is 2.15. The largest absolute Gasteiger partial charge is 0.314 e. The molecule has 1 aromatic heterocycles. The van der Waals surface area contributed by atoms with Crippen molar-refractivity contribution in [2.45, 2.75) is 31.7 Å². The van der Waals surface area contributed by atoms with Crippen LogP contribution in [0.15, 0.2) is 34.1 Å². The molecule has 1 saturated heterocycles. The number of hydrogen-bond donors (Lipinski definition) is 1. The second kappa shape index (κ2) is 6.16. The van der Waals surface area contributed by atoms with Gasteiger partial charge in [-0.15, -0.1) is 11.3 Å². The Balaban J connectivity index is 1.70. The molecule has 1 aliphatic rings. The Morgan fingerprint density at radius 1 is 1.26 bits per heavy atom. The lowest BCUT2D eigenvalue weighted by Gasteiger charge is -2.22. The summed E-state index contributed by atoms with van der Waals surface area (Å²) in [5.74, 6) is 0. The summed E-state index contributed by atoms with van der Waals surface area (Å²) in [5, 5.41) is 7.00. The molecule has 4 heteroatoms. The Morgan fingerprint density at radius 3 is 2.84 bits per heavy atom.